The van der Waals surface area contributed by atoms with Crippen molar-refractivity contribution in [2.24, 2.45) is 5.92 Å². The normalized spacial score (nSPS) is 19.3. The van der Waals surface area contributed by atoms with Crippen LogP contribution in [0.5, 0.6) is 0 Å². The van der Waals surface area contributed by atoms with Crippen molar-refractivity contribution >= 4 is 17.1 Å². The summed E-state index contributed by atoms with van der Waals surface area (Å²) in [7, 11) is 4.19. The summed E-state index contributed by atoms with van der Waals surface area (Å²) < 4.78 is 0. The van der Waals surface area contributed by atoms with Gasteiger partial charge in [0.2, 0.25) is 0 Å². The highest BCUT2D eigenvalue weighted by Crippen LogP contribution is 2.34. The number of nitrogens with two attached hydrogens (primary N) is 2. The average Bonchev–Trinajstić information content (AvgIpc) is 2.23. The highest BCUT2D eigenvalue weighted by molar-refractivity contribution is 5.77. The molecule has 0 fully saturated rings. The van der Waals surface area contributed by atoms with Crippen LogP contribution < -0.4 is 16.8 Å². The summed E-state index contributed by atoms with van der Waals surface area (Å²) in [5, 5.41) is 3.40. The van der Waals surface area contributed by atoms with Gasteiger partial charge in [-0.2, -0.15) is 0 Å². The van der Waals surface area contributed by atoms with Gasteiger partial charge in [0, 0.05) is 24.3 Å². The molecule has 1 aromatic carbocycles. The Morgan fingerprint density at radius 2 is 2.00 bits per heavy atom. The molecular formula is C12H20N4. The van der Waals surface area contributed by atoms with E-state index in [9.17, 15) is 0 Å². The standard InChI is InChI=1S/C12H20N4/c1-16(2)7-8-5-9-10(13)3-4-11(14)12(9)15-6-8/h3-4,8,15H,5-7,13-14H2,1-2H3. The van der Waals surface area contributed by atoms with Crippen molar-refractivity contribution in [3.05, 3.63) is 17.7 Å². The van der Waals surface area contributed by atoms with E-state index in [4.69, 9.17) is 11.5 Å². The van der Waals surface area contributed by atoms with Gasteiger partial charge in [0.1, 0.15) is 0 Å². The van der Waals surface area contributed by atoms with Gasteiger partial charge in [0.25, 0.3) is 0 Å². The summed E-state index contributed by atoms with van der Waals surface area (Å²) >= 11 is 0. The van der Waals surface area contributed by atoms with E-state index in [-0.39, 0.29) is 0 Å². The maximum absolute atomic E-state index is 5.99. The third-order valence-corrected chi connectivity index (χ3v) is 3.07. The first-order valence-electron chi connectivity index (χ1n) is 5.63. The van der Waals surface area contributed by atoms with Crippen molar-refractivity contribution in [3.8, 4) is 0 Å². The van der Waals surface area contributed by atoms with Gasteiger partial charge in [-0.05, 0) is 38.6 Å². The fourth-order valence-corrected chi connectivity index (χ4v) is 2.36. The molecule has 0 saturated carbocycles. The zero-order chi connectivity index (χ0) is 11.7. The lowest BCUT2D eigenvalue weighted by Gasteiger charge is -2.29. The quantitative estimate of drug-likeness (QED) is 0.650. The molecule has 4 heteroatoms. The largest absolute Gasteiger partial charge is 0.398 e. The maximum Gasteiger partial charge on any atom is 0.0627 e. The van der Waals surface area contributed by atoms with Crippen molar-refractivity contribution in [1.82, 2.24) is 4.90 Å². The van der Waals surface area contributed by atoms with Gasteiger partial charge in [-0.3, -0.25) is 0 Å². The summed E-state index contributed by atoms with van der Waals surface area (Å²) in [5.74, 6) is 0.603. The number of hydrogen-bond acceptors (Lipinski definition) is 4. The highest BCUT2D eigenvalue weighted by Gasteiger charge is 2.21. The van der Waals surface area contributed by atoms with Gasteiger partial charge in [-0.1, -0.05) is 0 Å². The summed E-state index contributed by atoms with van der Waals surface area (Å²) in [6, 6.07) is 3.77. The minimum Gasteiger partial charge on any atom is -0.398 e. The molecule has 0 saturated heterocycles. The van der Waals surface area contributed by atoms with E-state index in [0.29, 0.717) is 5.92 Å². The molecule has 0 aromatic heterocycles. The van der Waals surface area contributed by atoms with E-state index >= 15 is 0 Å². The molecule has 0 amide bonds. The summed E-state index contributed by atoms with van der Waals surface area (Å²) in [6.45, 7) is 2.04. The molecule has 1 aliphatic heterocycles. The number of benzene rings is 1. The molecule has 2 rings (SSSR count). The zero-order valence-corrected chi connectivity index (χ0v) is 9.96. The van der Waals surface area contributed by atoms with Crippen LogP contribution >= 0.6 is 0 Å². The highest BCUT2D eigenvalue weighted by atomic mass is 15.1. The van der Waals surface area contributed by atoms with Gasteiger partial charge in [0.05, 0.1) is 11.4 Å². The first-order valence-corrected chi connectivity index (χ1v) is 5.63. The number of hydrogen-bond donors (Lipinski definition) is 3. The smallest absolute Gasteiger partial charge is 0.0627 e. The molecule has 5 N–H and O–H groups in total. The third kappa shape index (κ3) is 2.07. The monoisotopic (exact) mass is 220 g/mol. The van der Waals surface area contributed by atoms with E-state index in [1.165, 1.54) is 5.56 Å². The lowest BCUT2D eigenvalue weighted by Crippen LogP contribution is -2.32. The summed E-state index contributed by atoms with van der Waals surface area (Å²) in [5.41, 5.74) is 15.8. The lowest BCUT2D eigenvalue weighted by molar-refractivity contribution is 0.328. The fraction of sp³-hybridized carbons (Fsp3) is 0.500. The molecule has 1 aliphatic rings. The minimum absolute atomic E-state index is 0.603. The predicted octanol–water partition coefficient (Wildman–Crippen LogP) is 0.997. The van der Waals surface area contributed by atoms with Crippen LogP contribution in [0.15, 0.2) is 12.1 Å². The maximum atomic E-state index is 5.99. The topological polar surface area (TPSA) is 67.3 Å². The Bertz CT molecular complexity index is 387. The molecule has 1 unspecified atom stereocenters. The first-order chi connectivity index (χ1) is 7.58. The third-order valence-electron chi connectivity index (χ3n) is 3.07. The molecule has 0 radical (unpaired) electrons. The van der Waals surface area contributed by atoms with Gasteiger partial charge >= 0.3 is 0 Å². The lowest BCUT2D eigenvalue weighted by atomic mass is 9.92. The van der Waals surface area contributed by atoms with Gasteiger partial charge in [-0.25, -0.2) is 0 Å². The number of nitrogens with one attached hydrogen (secondary N) is 1. The number of nitrogens with zero attached hydrogens (tertiary/aromatic N) is 1. The van der Waals surface area contributed by atoms with E-state index in [1.54, 1.807) is 0 Å². The molecule has 0 aliphatic carbocycles. The SMILES string of the molecule is CN(C)CC1CNc2c(N)ccc(N)c2C1. The second-order valence-electron chi connectivity index (χ2n) is 4.81. The number of anilines is 3. The van der Waals surface area contributed by atoms with Crippen molar-refractivity contribution < 1.29 is 0 Å². The van der Waals surface area contributed by atoms with Crippen LogP contribution in [-0.4, -0.2) is 32.1 Å². The Labute approximate surface area is 96.6 Å². The van der Waals surface area contributed by atoms with Gasteiger partial charge < -0.3 is 21.7 Å². The number of rotatable bonds is 2. The second-order valence-corrected chi connectivity index (χ2v) is 4.81. The van der Waals surface area contributed by atoms with Crippen LogP contribution in [-0.2, 0) is 6.42 Å². The van der Waals surface area contributed by atoms with Crippen LogP contribution in [0.3, 0.4) is 0 Å². The van der Waals surface area contributed by atoms with Crippen LogP contribution in [0.25, 0.3) is 0 Å². The Hall–Kier alpha value is -1.42. The van der Waals surface area contributed by atoms with Crippen LogP contribution in [0, 0.1) is 5.92 Å². The van der Waals surface area contributed by atoms with E-state index in [0.717, 1.165) is 36.6 Å². The molecule has 4 nitrogen and oxygen atoms in total. The van der Waals surface area contributed by atoms with Crippen molar-refractivity contribution in [2.45, 2.75) is 6.42 Å². The molecule has 0 spiro atoms. The van der Waals surface area contributed by atoms with Gasteiger partial charge in [0.15, 0.2) is 0 Å². The average molecular weight is 220 g/mol. The Morgan fingerprint density at radius 3 is 2.69 bits per heavy atom. The predicted molar refractivity (Wildman–Crippen MR) is 69.5 cm³/mol. The Kier molecular flexibility index (Phi) is 2.92. The zero-order valence-electron chi connectivity index (χ0n) is 9.96. The second kappa shape index (κ2) is 4.22. The van der Waals surface area contributed by atoms with Crippen LogP contribution in [0.4, 0.5) is 17.1 Å². The minimum atomic E-state index is 0.603. The van der Waals surface area contributed by atoms with Crippen molar-refractivity contribution in [3.63, 3.8) is 0 Å². The molecule has 0 bridgehead atoms. The molecule has 16 heavy (non-hydrogen) atoms. The van der Waals surface area contributed by atoms with Crippen molar-refractivity contribution in [1.29, 1.82) is 0 Å². The van der Waals surface area contributed by atoms with Crippen LogP contribution in [0.1, 0.15) is 5.56 Å². The van der Waals surface area contributed by atoms with Crippen molar-refractivity contribution in [2.75, 3.05) is 44.0 Å². The number of fused-ring (bicyclic) bond motifs is 1. The summed E-state index contributed by atoms with van der Waals surface area (Å²) in [4.78, 5) is 2.21. The molecular weight excluding hydrogens is 200 g/mol. The van der Waals surface area contributed by atoms with E-state index < -0.39 is 0 Å². The van der Waals surface area contributed by atoms with Crippen LogP contribution in [0.2, 0.25) is 0 Å². The first kappa shape index (κ1) is 11.1. The number of nitrogen functional groups attached to an aromatic ring is 2. The molecule has 88 valence electrons. The molecule has 1 aromatic rings. The van der Waals surface area contributed by atoms with E-state index in [2.05, 4.69) is 24.3 Å². The Morgan fingerprint density at radius 1 is 1.31 bits per heavy atom. The summed E-state index contributed by atoms with van der Waals surface area (Å²) in [6.07, 6.45) is 1.01. The Balaban J connectivity index is 2.23. The van der Waals surface area contributed by atoms with E-state index in [1.807, 2.05) is 12.1 Å². The fourth-order valence-electron chi connectivity index (χ4n) is 2.36. The molecule has 1 atom stereocenters. The molecule has 1 heterocycles. The van der Waals surface area contributed by atoms with Gasteiger partial charge in [-0.15, -0.1) is 0 Å².